The van der Waals surface area contributed by atoms with Crippen LogP contribution in [0.15, 0.2) is 30.5 Å². The van der Waals surface area contributed by atoms with E-state index in [-0.39, 0.29) is 24.3 Å². The van der Waals surface area contributed by atoms with Crippen LogP contribution in [0.2, 0.25) is 0 Å². The molecule has 5 heteroatoms. The zero-order valence-electron chi connectivity index (χ0n) is 13.3. The van der Waals surface area contributed by atoms with Crippen molar-refractivity contribution in [1.82, 2.24) is 9.80 Å². The predicted octanol–water partition coefficient (Wildman–Crippen LogP) is 1.93. The lowest BCUT2D eigenvalue weighted by Gasteiger charge is -2.35. The molecule has 1 N–H and O–H groups in total. The zero-order valence-corrected chi connectivity index (χ0v) is 13.3. The zero-order chi connectivity index (χ0) is 16.4. The van der Waals surface area contributed by atoms with Gasteiger partial charge >= 0.3 is 0 Å². The third-order valence-corrected chi connectivity index (χ3v) is 4.59. The smallest absolute Gasteiger partial charge is 0.225 e. The second-order valence-corrected chi connectivity index (χ2v) is 6.23. The van der Waals surface area contributed by atoms with E-state index in [1.807, 2.05) is 30.3 Å². The Labute approximate surface area is 136 Å². The molecule has 5 nitrogen and oxygen atoms in total. The van der Waals surface area contributed by atoms with Crippen molar-refractivity contribution in [2.75, 3.05) is 13.1 Å². The molecule has 0 bridgehead atoms. The van der Waals surface area contributed by atoms with E-state index in [1.165, 1.54) is 6.92 Å². The third kappa shape index (κ3) is 3.29. The number of rotatable bonds is 2. The van der Waals surface area contributed by atoms with Crippen molar-refractivity contribution < 1.29 is 14.7 Å². The molecule has 2 amide bonds. The highest BCUT2D eigenvalue weighted by atomic mass is 16.3. The summed E-state index contributed by atoms with van der Waals surface area (Å²) < 4.78 is 0. The molecular weight excluding hydrogens is 292 g/mol. The maximum absolute atomic E-state index is 12.6. The molecule has 2 aliphatic heterocycles. The Morgan fingerprint density at radius 2 is 2.09 bits per heavy atom. The molecule has 0 saturated carbocycles. The Hall–Kier alpha value is -2.14. The highest BCUT2D eigenvalue weighted by Crippen LogP contribution is 2.33. The molecular formula is C18H22N2O3. The monoisotopic (exact) mass is 314 g/mol. The van der Waals surface area contributed by atoms with Gasteiger partial charge in [-0.2, -0.15) is 0 Å². The van der Waals surface area contributed by atoms with E-state index in [0.717, 1.165) is 24.0 Å². The van der Waals surface area contributed by atoms with Gasteiger partial charge in [-0.3, -0.25) is 9.59 Å². The van der Waals surface area contributed by atoms with E-state index in [9.17, 15) is 14.7 Å². The van der Waals surface area contributed by atoms with Crippen molar-refractivity contribution in [3.63, 3.8) is 0 Å². The number of aliphatic hydroxyl groups excluding tert-OH is 1. The number of likely N-dealkylation sites (tertiary alicyclic amines) is 1. The number of amides is 2. The number of nitrogens with zero attached hydrogens (tertiary/aromatic N) is 2. The summed E-state index contributed by atoms with van der Waals surface area (Å²) in [5.74, 6) is -0.0858. The first-order valence-electron chi connectivity index (χ1n) is 8.08. The molecule has 2 atom stereocenters. The number of fused-ring (bicyclic) bond motifs is 1. The van der Waals surface area contributed by atoms with E-state index < -0.39 is 6.10 Å². The van der Waals surface area contributed by atoms with Crippen molar-refractivity contribution in [3.05, 3.63) is 41.6 Å². The summed E-state index contributed by atoms with van der Waals surface area (Å²) in [6, 6.07) is 7.56. The van der Waals surface area contributed by atoms with Gasteiger partial charge in [0.2, 0.25) is 11.8 Å². The summed E-state index contributed by atoms with van der Waals surface area (Å²) in [6.07, 6.45) is 5.04. The van der Waals surface area contributed by atoms with Gasteiger partial charge in [0.15, 0.2) is 0 Å². The van der Waals surface area contributed by atoms with E-state index >= 15 is 0 Å². The summed E-state index contributed by atoms with van der Waals surface area (Å²) in [5, 5.41) is 9.76. The van der Waals surface area contributed by atoms with Gasteiger partial charge in [0.05, 0.1) is 18.6 Å². The van der Waals surface area contributed by atoms with Crippen molar-refractivity contribution >= 4 is 17.9 Å². The van der Waals surface area contributed by atoms with Crippen molar-refractivity contribution in [3.8, 4) is 0 Å². The van der Waals surface area contributed by atoms with Crippen LogP contribution in [0.1, 0.15) is 43.4 Å². The molecule has 2 unspecified atom stereocenters. The van der Waals surface area contributed by atoms with Crippen molar-refractivity contribution in [1.29, 1.82) is 0 Å². The summed E-state index contributed by atoms with van der Waals surface area (Å²) in [4.78, 5) is 27.9. The number of piperidine rings is 1. The minimum absolute atomic E-state index is 0.00916. The largest absolute Gasteiger partial charge is 0.391 e. The lowest BCUT2D eigenvalue weighted by molar-refractivity contribution is -0.137. The van der Waals surface area contributed by atoms with Gasteiger partial charge < -0.3 is 14.9 Å². The van der Waals surface area contributed by atoms with Gasteiger partial charge in [0.25, 0.3) is 0 Å². The summed E-state index contributed by atoms with van der Waals surface area (Å²) in [5.41, 5.74) is 2.04. The SMILES string of the molecule is CC(=O)N1C=Cc2ccccc2C1CC(=O)N1CCCC(O)C1. The van der Waals surface area contributed by atoms with Crippen LogP contribution in [0.25, 0.3) is 6.08 Å². The normalized spacial score (nSPS) is 23.6. The Bertz CT molecular complexity index is 641. The number of aliphatic hydroxyl groups is 1. The standard InChI is InChI=1S/C18H22N2O3/c1-13(21)20-10-8-14-5-2-3-7-16(14)17(20)11-18(23)19-9-4-6-15(22)12-19/h2-3,5,7-8,10,15,17,22H,4,6,9,11-12H2,1H3. The molecule has 0 radical (unpaired) electrons. The molecule has 0 aromatic heterocycles. The topological polar surface area (TPSA) is 60.9 Å². The highest BCUT2D eigenvalue weighted by Gasteiger charge is 2.31. The van der Waals surface area contributed by atoms with Crippen LogP contribution in [-0.2, 0) is 9.59 Å². The Balaban J connectivity index is 1.82. The molecule has 1 aromatic rings. The van der Waals surface area contributed by atoms with Crippen LogP contribution in [0.3, 0.4) is 0 Å². The number of benzene rings is 1. The van der Waals surface area contributed by atoms with Gasteiger partial charge in [-0.25, -0.2) is 0 Å². The number of β-amino-alcohol motifs (C(OH)–C–C–N with tert-alkyl or cyclic N) is 1. The predicted molar refractivity (Wildman–Crippen MR) is 87.2 cm³/mol. The number of carbonyl (C=O) groups excluding carboxylic acids is 2. The van der Waals surface area contributed by atoms with Crippen LogP contribution in [-0.4, -0.2) is 45.9 Å². The minimum Gasteiger partial charge on any atom is -0.391 e. The average Bonchev–Trinajstić information content (AvgIpc) is 2.54. The first-order valence-corrected chi connectivity index (χ1v) is 8.08. The molecule has 1 aromatic carbocycles. The van der Waals surface area contributed by atoms with Crippen LogP contribution < -0.4 is 0 Å². The summed E-state index contributed by atoms with van der Waals surface area (Å²) in [7, 11) is 0. The quantitative estimate of drug-likeness (QED) is 0.907. The van der Waals surface area contributed by atoms with Gasteiger partial charge in [-0.05, 0) is 30.0 Å². The Morgan fingerprint density at radius 1 is 1.30 bits per heavy atom. The van der Waals surface area contributed by atoms with Gasteiger partial charge in [-0.15, -0.1) is 0 Å². The van der Waals surface area contributed by atoms with Crippen LogP contribution in [0.4, 0.5) is 0 Å². The van der Waals surface area contributed by atoms with Gasteiger partial charge in [0, 0.05) is 26.2 Å². The lowest BCUT2D eigenvalue weighted by atomic mass is 9.93. The van der Waals surface area contributed by atoms with Crippen LogP contribution >= 0.6 is 0 Å². The summed E-state index contributed by atoms with van der Waals surface area (Å²) >= 11 is 0. The van der Waals surface area contributed by atoms with Crippen LogP contribution in [0.5, 0.6) is 0 Å². The molecule has 23 heavy (non-hydrogen) atoms. The first-order chi connectivity index (χ1) is 11.1. The fourth-order valence-electron chi connectivity index (χ4n) is 3.39. The minimum atomic E-state index is -0.435. The van der Waals surface area contributed by atoms with Crippen molar-refractivity contribution in [2.45, 2.75) is 38.3 Å². The highest BCUT2D eigenvalue weighted by molar-refractivity contribution is 5.82. The van der Waals surface area contributed by atoms with Gasteiger partial charge in [0.1, 0.15) is 0 Å². The fourth-order valence-corrected chi connectivity index (χ4v) is 3.39. The molecule has 122 valence electrons. The second kappa shape index (κ2) is 6.54. The van der Waals surface area contributed by atoms with E-state index in [1.54, 1.807) is 16.0 Å². The molecule has 0 aliphatic carbocycles. The Kier molecular flexibility index (Phi) is 4.48. The Morgan fingerprint density at radius 3 is 2.83 bits per heavy atom. The second-order valence-electron chi connectivity index (χ2n) is 6.23. The van der Waals surface area contributed by atoms with Crippen molar-refractivity contribution in [2.24, 2.45) is 0 Å². The molecule has 3 rings (SSSR count). The maximum Gasteiger partial charge on any atom is 0.225 e. The first kappa shape index (κ1) is 15.7. The van der Waals surface area contributed by atoms with E-state index in [2.05, 4.69) is 0 Å². The average molecular weight is 314 g/mol. The molecule has 0 spiro atoms. The molecule has 1 saturated heterocycles. The molecule has 1 fully saturated rings. The van der Waals surface area contributed by atoms with Crippen LogP contribution in [0, 0.1) is 0 Å². The van der Waals surface area contributed by atoms with E-state index in [0.29, 0.717) is 13.1 Å². The molecule has 2 aliphatic rings. The molecule has 2 heterocycles. The number of hydrogen-bond acceptors (Lipinski definition) is 3. The number of carbonyl (C=O) groups is 2. The fraction of sp³-hybridized carbons (Fsp3) is 0.444. The third-order valence-electron chi connectivity index (χ3n) is 4.59. The van der Waals surface area contributed by atoms with E-state index in [4.69, 9.17) is 0 Å². The van der Waals surface area contributed by atoms with Gasteiger partial charge in [-0.1, -0.05) is 24.3 Å². The number of hydrogen-bond donors (Lipinski definition) is 1. The lowest BCUT2D eigenvalue weighted by Crippen LogP contribution is -2.44. The maximum atomic E-state index is 12.6. The summed E-state index contributed by atoms with van der Waals surface area (Å²) in [6.45, 7) is 2.59.